The summed E-state index contributed by atoms with van der Waals surface area (Å²) in [6, 6.07) is 3.38. The van der Waals surface area contributed by atoms with Gasteiger partial charge in [-0.3, -0.25) is 9.59 Å². The number of rotatable bonds is 4. The van der Waals surface area contributed by atoms with Crippen LogP contribution in [0.5, 0.6) is 5.88 Å². The second kappa shape index (κ2) is 6.39. The van der Waals surface area contributed by atoms with E-state index in [2.05, 4.69) is 15.3 Å². The third kappa shape index (κ3) is 2.86. The maximum absolute atomic E-state index is 12.8. The van der Waals surface area contributed by atoms with Crippen molar-refractivity contribution in [3.05, 3.63) is 45.8 Å². The molecule has 3 aromatic rings. The summed E-state index contributed by atoms with van der Waals surface area (Å²) in [4.78, 5) is 33.5. The standard InChI is InChI=1S/C17H18N4O4/c1-5-10-11(6-7-12(19-10)24-4)20-15(22)13-9(2)25-16-14(13)17(23)21(3)8-18-16/h6-8H,5H2,1-4H3,(H,20,22). The molecule has 0 aliphatic carbocycles. The molecule has 1 N–H and O–H groups in total. The van der Waals surface area contributed by atoms with Crippen LogP contribution in [0.1, 0.15) is 28.7 Å². The average Bonchev–Trinajstić information content (AvgIpc) is 2.95. The summed E-state index contributed by atoms with van der Waals surface area (Å²) in [5.41, 5.74) is 1.23. The van der Waals surface area contributed by atoms with Crippen LogP contribution in [-0.4, -0.2) is 27.6 Å². The molecule has 8 nitrogen and oxygen atoms in total. The normalized spacial score (nSPS) is 10.9. The number of pyridine rings is 1. The van der Waals surface area contributed by atoms with Crippen LogP contribution in [0, 0.1) is 6.92 Å². The van der Waals surface area contributed by atoms with Crippen LogP contribution in [0.15, 0.2) is 27.7 Å². The summed E-state index contributed by atoms with van der Waals surface area (Å²) in [7, 11) is 3.10. The van der Waals surface area contributed by atoms with Crippen molar-refractivity contribution in [1.29, 1.82) is 0 Å². The number of furan rings is 1. The molecule has 130 valence electrons. The molecule has 0 saturated carbocycles. The van der Waals surface area contributed by atoms with E-state index in [1.165, 1.54) is 18.0 Å². The Morgan fingerprint density at radius 2 is 2.16 bits per heavy atom. The summed E-state index contributed by atoms with van der Waals surface area (Å²) >= 11 is 0. The Labute approximate surface area is 143 Å². The maximum atomic E-state index is 12.8. The van der Waals surface area contributed by atoms with E-state index < -0.39 is 5.91 Å². The zero-order valence-corrected chi connectivity index (χ0v) is 14.4. The first-order chi connectivity index (χ1) is 12.0. The number of aromatic nitrogens is 3. The summed E-state index contributed by atoms with van der Waals surface area (Å²) in [6.45, 7) is 3.55. The van der Waals surface area contributed by atoms with Crippen LogP contribution >= 0.6 is 0 Å². The number of nitrogens with one attached hydrogen (secondary N) is 1. The van der Waals surface area contributed by atoms with Crippen LogP contribution in [0.2, 0.25) is 0 Å². The van der Waals surface area contributed by atoms with E-state index >= 15 is 0 Å². The summed E-state index contributed by atoms with van der Waals surface area (Å²) in [5.74, 6) is 0.365. The zero-order valence-electron chi connectivity index (χ0n) is 14.4. The third-order valence-electron chi connectivity index (χ3n) is 3.92. The fourth-order valence-electron chi connectivity index (χ4n) is 2.62. The molecule has 0 aliphatic heterocycles. The Bertz CT molecular complexity index is 1020. The highest BCUT2D eigenvalue weighted by molar-refractivity contribution is 6.12. The Hall–Kier alpha value is -3.16. The minimum atomic E-state index is -0.442. The van der Waals surface area contributed by atoms with Crippen LogP contribution < -0.4 is 15.6 Å². The van der Waals surface area contributed by atoms with Gasteiger partial charge in [-0.05, 0) is 19.4 Å². The molecule has 0 saturated heterocycles. The third-order valence-corrected chi connectivity index (χ3v) is 3.92. The molecular weight excluding hydrogens is 324 g/mol. The van der Waals surface area contributed by atoms with Gasteiger partial charge in [0.15, 0.2) is 0 Å². The van der Waals surface area contributed by atoms with Gasteiger partial charge in [0.05, 0.1) is 24.1 Å². The molecule has 0 spiro atoms. The fraction of sp³-hybridized carbons (Fsp3) is 0.294. The van der Waals surface area contributed by atoms with E-state index in [1.807, 2.05) is 6.92 Å². The molecule has 25 heavy (non-hydrogen) atoms. The van der Waals surface area contributed by atoms with Crippen LogP contribution in [0.25, 0.3) is 11.1 Å². The minimum absolute atomic E-state index is 0.148. The first kappa shape index (κ1) is 16.7. The van der Waals surface area contributed by atoms with Gasteiger partial charge in [-0.25, -0.2) is 9.97 Å². The molecule has 0 aromatic carbocycles. The lowest BCUT2D eigenvalue weighted by atomic mass is 10.1. The maximum Gasteiger partial charge on any atom is 0.265 e. The molecule has 0 radical (unpaired) electrons. The number of hydrogen-bond acceptors (Lipinski definition) is 6. The van der Waals surface area contributed by atoms with Crippen molar-refractivity contribution < 1.29 is 13.9 Å². The smallest absolute Gasteiger partial charge is 0.265 e. The summed E-state index contributed by atoms with van der Waals surface area (Å²) in [6.07, 6.45) is 1.97. The molecular formula is C17H18N4O4. The average molecular weight is 342 g/mol. The van der Waals surface area contributed by atoms with Gasteiger partial charge >= 0.3 is 0 Å². The molecule has 8 heteroatoms. The minimum Gasteiger partial charge on any atom is -0.481 e. The number of carbonyl (C=O) groups is 1. The highest BCUT2D eigenvalue weighted by atomic mass is 16.5. The van der Waals surface area contributed by atoms with Gasteiger partial charge in [0.1, 0.15) is 17.5 Å². The molecule has 0 fully saturated rings. The number of methoxy groups -OCH3 is 1. The van der Waals surface area contributed by atoms with E-state index in [1.54, 1.807) is 26.1 Å². The van der Waals surface area contributed by atoms with Crippen molar-refractivity contribution >= 4 is 22.7 Å². The van der Waals surface area contributed by atoms with Crippen molar-refractivity contribution in [2.75, 3.05) is 12.4 Å². The van der Waals surface area contributed by atoms with Crippen LogP contribution in [0.4, 0.5) is 5.69 Å². The number of ether oxygens (including phenoxy) is 1. The first-order valence-electron chi connectivity index (χ1n) is 7.76. The quantitative estimate of drug-likeness (QED) is 0.779. The number of anilines is 1. The van der Waals surface area contributed by atoms with Crippen LogP contribution in [-0.2, 0) is 13.5 Å². The topological polar surface area (TPSA) is 99.2 Å². The number of nitrogens with zero attached hydrogens (tertiary/aromatic N) is 3. The van der Waals surface area contributed by atoms with Gasteiger partial charge in [0.25, 0.3) is 11.5 Å². The zero-order chi connectivity index (χ0) is 18.1. The van der Waals surface area contributed by atoms with Gasteiger partial charge in [-0.15, -0.1) is 0 Å². The summed E-state index contributed by atoms with van der Waals surface area (Å²) < 4.78 is 11.9. The molecule has 3 aromatic heterocycles. The lowest BCUT2D eigenvalue weighted by Gasteiger charge is -2.10. The first-order valence-corrected chi connectivity index (χ1v) is 7.76. The lowest BCUT2D eigenvalue weighted by Crippen LogP contribution is -2.21. The van der Waals surface area contributed by atoms with E-state index in [-0.39, 0.29) is 22.2 Å². The Kier molecular flexibility index (Phi) is 4.26. The molecule has 0 unspecified atom stereocenters. The largest absolute Gasteiger partial charge is 0.481 e. The fourth-order valence-corrected chi connectivity index (χ4v) is 2.62. The second-order valence-corrected chi connectivity index (χ2v) is 5.53. The van der Waals surface area contributed by atoms with Crippen molar-refractivity contribution in [2.45, 2.75) is 20.3 Å². The molecule has 0 bridgehead atoms. The van der Waals surface area contributed by atoms with Crippen molar-refractivity contribution in [2.24, 2.45) is 7.05 Å². The molecule has 1 amide bonds. The monoisotopic (exact) mass is 342 g/mol. The molecule has 0 aliphatic rings. The molecule has 0 atom stereocenters. The highest BCUT2D eigenvalue weighted by Crippen LogP contribution is 2.24. The van der Waals surface area contributed by atoms with Gasteiger partial charge < -0.3 is 19.0 Å². The number of amides is 1. The second-order valence-electron chi connectivity index (χ2n) is 5.53. The highest BCUT2D eigenvalue weighted by Gasteiger charge is 2.23. The van der Waals surface area contributed by atoms with Gasteiger partial charge in [0, 0.05) is 13.1 Å². The molecule has 3 heterocycles. The van der Waals surface area contributed by atoms with Gasteiger partial charge in [-0.2, -0.15) is 0 Å². The van der Waals surface area contributed by atoms with E-state index in [0.29, 0.717) is 29.4 Å². The lowest BCUT2D eigenvalue weighted by molar-refractivity contribution is 0.102. The predicted octanol–water partition coefficient (Wildman–Crippen LogP) is 2.05. The summed E-state index contributed by atoms with van der Waals surface area (Å²) in [5, 5.41) is 2.97. The van der Waals surface area contributed by atoms with E-state index in [4.69, 9.17) is 9.15 Å². The Morgan fingerprint density at radius 1 is 1.40 bits per heavy atom. The predicted molar refractivity (Wildman–Crippen MR) is 92.1 cm³/mol. The number of aryl methyl sites for hydroxylation is 3. The Balaban J connectivity index is 2.06. The number of fused-ring (bicyclic) bond motifs is 1. The van der Waals surface area contributed by atoms with Crippen molar-refractivity contribution in [3.63, 3.8) is 0 Å². The van der Waals surface area contributed by atoms with E-state index in [0.717, 1.165) is 0 Å². The number of hydrogen-bond donors (Lipinski definition) is 1. The van der Waals surface area contributed by atoms with Crippen molar-refractivity contribution in [1.82, 2.24) is 14.5 Å². The van der Waals surface area contributed by atoms with Crippen LogP contribution in [0.3, 0.4) is 0 Å². The SMILES string of the molecule is CCc1nc(OC)ccc1NC(=O)c1c(C)oc2ncn(C)c(=O)c12. The Morgan fingerprint density at radius 3 is 2.84 bits per heavy atom. The molecule has 3 rings (SSSR count). The van der Waals surface area contributed by atoms with Crippen molar-refractivity contribution in [3.8, 4) is 5.88 Å². The van der Waals surface area contributed by atoms with Gasteiger partial charge in [0.2, 0.25) is 11.6 Å². The van der Waals surface area contributed by atoms with E-state index in [9.17, 15) is 9.59 Å². The van der Waals surface area contributed by atoms with Gasteiger partial charge in [-0.1, -0.05) is 6.92 Å². The number of carbonyl (C=O) groups excluding carboxylic acids is 1.